The van der Waals surface area contributed by atoms with E-state index in [4.69, 9.17) is 4.74 Å². The van der Waals surface area contributed by atoms with Crippen molar-refractivity contribution in [3.63, 3.8) is 0 Å². The summed E-state index contributed by atoms with van der Waals surface area (Å²) in [6.07, 6.45) is -4.75. The molecule has 4 rings (SSSR count). The van der Waals surface area contributed by atoms with E-state index in [-0.39, 0.29) is 11.6 Å². The number of ether oxygens (including phenoxy) is 1. The number of morpholine rings is 1. The minimum absolute atomic E-state index is 0.147. The van der Waals surface area contributed by atoms with Crippen LogP contribution in [0.15, 0.2) is 41.6 Å². The van der Waals surface area contributed by atoms with Crippen LogP contribution < -0.4 is 9.80 Å². The molecule has 0 saturated carbocycles. The van der Waals surface area contributed by atoms with Crippen molar-refractivity contribution in [3.05, 3.63) is 58.2 Å². The van der Waals surface area contributed by atoms with E-state index in [0.29, 0.717) is 69.4 Å². The molecule has 176 valence electrons. The molecule has 11 heteroatoms. The average Bonchev–Trinajstić information content (AvgIpc) is 2.83. The molecule has 7 nitrogen and oxygen atoms in total. The molecule has 0 spiro atoms. The maximum Gasteiger partial charge on any atom is 0.419 e. The number of nitrogens with zero attached hydrogens (tertiary/aromatic N) is 4. The zero-order chi connectivity index (χ0) is 23.6. The van der Waals surface area contributed by atoms with Crippen LogP contribution in [0.5, 0.6) is 0 Å². The Morgan fingerprint density at radius 1 is 0.909 bits per heavy atom. The van der Waals surface area contributed by atoms with E-state index in [0.717, 1.165) is 12.1 Å². The second-order valence-electron chi connectivity index (χ2n) is 7.83. The fourth-order valence-corrected chi connectivity index (χ4v) is 4.10. The van der Waals surface area contributed by atoms with E-state index in [1.807, 2.05) is 4.90 Å². The van der Waals surface area contributed by atoms with E-state index < -0.39 is 17.6 Å². The SMILES string of the molecule is O=Nc1ccc(N2CCOCC2)c(C(=O)N2CCN(c3ccc(C(F)(F)F)c(F)c3)CC2)c1. The molecule has 0 aliphatic carbocycles. The highest BCUT2D eigenvalue weighted by Gasteiger charge is 2.34. The van der Waals surface area contributed by atoms with Crippen molar-refractivity contribution in [3.8, 4) is 0 Å². The molecule has 0 atom stereocenters. The molecule has 0 aromatic heterocycles. The number of rotatable bonds is 4. The molecule has 2 aliphatic heterocycles. The molecule has 0 radical (unpaired) electrons. The highest BCUT2D eigenvalue weighted by Crippen LogP contribution is 2.33. The summed E-state index contributed by atoms with van der Waals surface area (Å²) in [5.41, 5.74) is 0.230. The summed E-state index contributed by atoms with van der Waals surface area (Å²) in [5, 5.41) is 2.94. The summed E-state index contributed by atoms with van der Waals surface area (Å²) in [7, 11) is 0. The second-order valence-corrected chi connectivity index (χ2v) is 7.83. The monoisotopic (exact) mass is 466 g/mol. The number of amides is 1. The first-order valence-corrected chi connectivity index (χ1v) is 10.5. The van der Waals surface area contributed by atoms with Crippen molar-refractivity contribution in [2.75, 3.05) is 62.3 Å². The molecular weight excluding hydrogens is 444 g/mol. The number of halogens is 4. The number of piperazine rings is 1. The quantitative estimate of drug-likeness (QED) is 0.503. The summed E-state index contributed by atoms with van der Waals surface area (Å²) in [4.78, 5) is 29.7. The molecule has 1 amide bonds. The topological polar surface area (TPSA) is 65.5 Å². The minimum atomic E-state index is -4.75. The van der Waals surface area contributed by atoms with Gasteiger partial charge in [-0.2, -0.15) is 13.2 Å². The lowest BCUT2D eigenvalue weighted by Gasteiger charge is -2.37. The minimum Gasteiger partial charge on any atom is -0.378 e. The zero-order valence-corrected chi connectivity index (χ0v) is 17.6. The summed E-state index contributed by atoms with van der Waals surface area (Å²) < 4.78 is 57.8. The van der Waals surface area contributed by atoms with Crippen LogP contribution in [-0.2, 0) is 10.9 Å². The summed E-state index contributed by atoms with van der Waals surface area (Å²) in [6.45, 7) is 3.53. The maximum atomic E-state index is 14.0. The lowest BCUT2D eigenvalue weighted by Crippen LogP contribution is -2.49. The molecule has 0 bridgehead atoms. The molecule has 2 aliphatic rings. The van der Waals surface area contributed by atoms with Crippen LogP contribution in [0.25, 0.3) is 0 Å². The highest BCUT2D eigenvalue weighted by molar-refractivity contribution is 6.01. The third-order valence-corrected chi connectivity index (χ3v) is 5.86. The predicted octanol–water partition coefficient (Wildman–Crippen LogP) is 4.04. The Labute approximate surface area is 187 Å². The van der Waals surface area contributed by atoms with E-state index in [2.05, 4.69) is 5.18 Å². The van der Waals surface area contributed by atoms with Gasteiger partial charge in [0, 0.05) is 50.6 Å². The van der Waals surface area contributed by atoms with Crippen molar-refractivity contribution >= 4 is 23.0 Å². The van der Waals surface area contributed by atoms with Crippen molar-refractivity contribution in [2.45, 2.75) is 6.18 Å². The average molecular weight is 466 g/mol. The predicted molar refractivity (Wildman–Crippen MR) is 114 cm³/mol. The lowest BCUT2D eigenvalue weighted by molar-refractivity contribution is -0.139. The Morgan fingerprint density at radius 2 is 1.61 bits per heavy atom. The zero-order valence-electron chi connectivity index (χ0n) is 17.6. The molecular formula is C22H22F4N4O3. The molecule has 2 saturated heterocycles. The van der Waals surface area contributed by atoms with Gasteiger partial charge >= 0.3 is 6.18 Å². The van der Waals surface area contributed by atoms with E-state index in [9.17, 15) is 27.3 Å². The normalized spacial score (nSPS) is 17.3. The Balaban J connectivity index is 1.49. The Kier molecular flexibility index (Phi) is 6.50. The van der Waals surface area contributed by atoms with Gasteiger partial charge in [-0.3, -0.25) is 4.79 Å². The molecule has 0 unspecified atom stereocenters. The van der Waals surface area contributed by atoms with Gasteiger partial charge in [-0.1, -0.05) is 0 Å². The molecule has 0 N–H and O–H groups in total. The van der Waals surface area contributed by atoms with Gasteiger partial charge in [0.1, 0.15) is 11.5 Å². The summed E-state index contributed by atoms with van der Waals surface area (Å²) in [6, 6.07) is 7.57. The number of carbonyl (C=O) groups is 1. The Bertz CT molecular complexity index is 1030. The highest BCUT2D eigenvalue weighted by atomic mass is 19.4. The van der Waals surface area contributed by atoms with Crippen LogP contribution in [-0.4, -0.2) is 63.3 Å². The molecule has 33 heavy (non-hydrogen) atoms. The Hall–Kier alpha value is -3.21. The summed E-state index contributed by atoms with van der Waals surface area (Å²) >= 11 is 0. The van der Waals surface area contributed by atoms with Crippen molar-refractivity contribution in [1.29, 1.82) is 0 Å². The fourth-order valence-electron chi connectivity index (χ4n) is 4.10. The van der Waals surface area contributed by atoms with Gasteiger partial charge in [0.05, 0.1) is 24.3 Å². The number of anilines is 2. The van der Waals surface area contributed by atoms with Crippen LogP contribution in [0.3, 0.4) is 0 Å². The second kappa shape index (κ2) is 9.34. The van der Waals surface area contributed by atoms with E-state index >= 15 is 0 Å². The van der Waals surface area contributed by atoms with Gasteiger partial charge in [0.15, 0.2) is 0 Å². The van der Waals surface area contributed by atoms with Crippen LogP contribution in [0.1, 0.15) is 15.9 Å². The number of hydrogen-bond donors (Lipinski definition) is 0. The molecule has 2 aromatic carbocycles. The first kappa shape index (κ1) is 23.0. The third-order valence-electron chi connectivity index (χ3n) is 5.86. The van der Waals surface area contributed by atoms with Crippen molar-refractivity contribution in [2.24, 2.45) is 5.18 Å². The third kappa shape index (κ3) is 4.92. The van der Waals surface area contributed by atoms with Crippen molar-refractivity contribution in [1.82, 2.24) is 4.90 Å². The first-order chi connectivity index (χ1) is 15.8. The van der Waals surface area contributed by atoms with Crippen LogP contribution >= 0.6 is 0 Å². The lowest BCUT2D eigenvalue weighted by atomic mass is 10.1. The number of nitroso groups, excluding NO2 is 1. The smallest absolute Gasteiger partial charge is 0.378 e. The maximum absolute atomic E-state index is 14.0. The molecule has 2 aromatic rings. The van der Waals surface area contributed by atoms with Crippen LogP contribution in [0.4, 0.5) is 34.6 Å². The number of hydrogen-bond acceptors (Lipinski definition) is 6. The van der Waals surface area contributed by atoms with Gasteiger partial charge in [0.2, 0.25) is 0 Å². The van der Waals surface area contributed by atoms with Gasteiger partial charge in [0.25, 0.3) is 5.91 Å². The van der Waals surface area contributed by atoms with E-state index in [1.165, 1.54) is 12.1 Å². The molecule has 2 fully saturated rings. The van der Waals surface area contributed by atoms with Crippen molar-refractivity contribution < 1.29 is 27.1 Å². The number of alkyl halides is 3. The summed E-state index contributed by atoms with van der Waals surface area (Å²) in [5.74, 6) is -1.59. The number of carbonyl (C=O) groups excluding carboxylic acids is 1. The number of benzene rings is 2. The van der Waals surface area contributed by atoms with Crippen LogP contribution in [0.2, 0.25) is 0 Å². The van der Waals surface area contributed by atoms with Crippen LogP contribution in [0, 0.1) is 10.7 Å². The van der Waals surface area contributed by atoms with E-state index in [1.54, 1.807) is 21.9 Å². The first-order valence-electron chi connectivity index (χ1n) is 10.5. The molecule has 2 heterocycles. The van der Waals surface area contributed by atoms with Gasteiger partial charge in [-0.25, -0.2) is 4.39 Å². The van der Waals surface area contributed by atoms with Gasteiger partial charge in [-0.05, 0) is 41.6 Å². The fraction of sp³-hybridized carbons (Fsp3) is 0.409. The standard InChI is InChI=1S/C22H22F4N4O3/c23-19-14-16(2-3-18(19)22(24,25)26)28-5-7-30(8-6-28)21(31)17-13-15(27-32)1-4-20(17)29-9-11-33-12-10-29/h1-4,13-14H,5-12H2. The Morgan fingerprint density at radius 3 is 2.21 bits per heavy atom. The largest absolute Gasteiger partial charge is 0.419 e. The van der Waals surface area contributed by atoms with Gasteiger partial charge < -0.3 is 19.4 Å². The van der Waals surface area contributed by atoms with Gasteiger partial charge in [-0.15, -0.1) is 4.91 Å².